The summed E-state index contributed by atoms with van der Waals surface area (Å²) in [6, 6.07) is 0. The summed E-state index contributed by atoms with van der Waals surface area (Å²) < 4.78 is 48.2. The number of carbonyl (C=O) groups is 1. The smallest absolute Gasteiger partial charge is 0.380 e. The summed E-state index contributed by atoms with van der Waals surface area (Å²) in [6.07, 6.45) is -2.69. The Labute approximate surface area is 191 Å². The van der Waals surface area contributed by atoms with Crippen molar-refractivity contribution in [2.75, 3.05) is 6.61 Å². The molecular formula is C23H46F2O4Si2. The van der Waals surface area contributed by atoms with Gasteiger partial charge in [0.1, 0.15) is 0 Å². The number of cyclic esters (lactones) is 1. The summed E-state index contributed by atoms with van der Waals surface area (Å²) in [6.45, 7) is 25.1. The van der Waals surface area contributed by atoms with Gasteiger partial charge in [0.05, 0.1) is 6.61 Å². The lowest BCUT2D eigenvalue weighted by atomic mass is 10.1. The third-order valence-electron chi connectivity index (χ3n) is 7.47. The van der Waals surface area contributed by atoms with E-state index in [0.29, 0.717) is 16.6 Å². The molecule has 0 saturated carbocycles. The number of ether oxygens (including phenoxy) is 1. The van der Waals surface area contributed by atoms with Crippen LogP contribution in [0.25, 0.3) is 0 Å². The van der Waals surface area contributed by atoms with Crippen molar-refractivity contribution < 1.29 is 27.2 Å². The Morgan fingerprint density at radius 1 is 0.774 bits per heavy atom. The molecule has 1 aliphatic rings. The van der Waals surface area contributed by atoms with Crippen molar-refractivity contribution in [1.29, 1.82) is 0 Å². The van der Waals surface area contributed by atoms with E-state index in [1.165, 1.54) is 0 Å². The van der Waals surface area contributed by atoms with E-state index in [0.717, 1.165) is 0 Å². The fourth-order valence-electron chi connectivity index (χ4n) is 6.25. The van der Waals surface area contributed by atoms with Crippen molar-refractivity contribution in [1.82, 2.24) is 0 Å². The largest absolute Gasteiger partial charge is 0.452 e. The molecule has 184 valence electrons. The summed E-state index contributed by atoms with van der Waals surface area (Å²) in [5, 5.41) is 0. The van der Waals surface area contributed by atoms with Crippen LogP contribution in [-0.2, 0) is 18.4 Å². The minimum absolute atomic E-state index is 0.0362. The predicted molar refractivity (Wildman–Crippen MR) is 128 cm³/mol. The third-order valence-corrected chi connectivity index (χ3v) is 19.6. The van der Waals surface area contributed by atoms with Gasteiger partial charge in [0.15, 0.2) is 12.2 Å². The van der Waals surface area contributed by atoms with Gasteiger partial charge in [-0.3, -0.25) is 0 Å². The molecule has 1 aliphatic heterocycles. The first-order valence-corrected chi connectivity index (χ1v) is 16.2. The molecule has 1 rings (SSSR count). The van der Waals surface area contributed by atoms with Crippen LogP contribution < -0.4 is 0 Å². The van der Waals surface area contributed by atoms with E-state index in [2.05, 4.69) is 41.5 Å². The average molecular weight is 481 g/mol. The Bertz CT molecular complexity index is 563. The van der Waals surface area contributed by atoms with Gasteiger partial charge in [-0.25, -0.2) is 4.79 Å². The van der Waals surface area contributed by atoms with Gasteiger partial charge in [-0.05, 0) is 33.2 Å². The van der Waals surface area contributed by atoms with Crippen molar-refractivity contribution in [2.24, 2.45) is 0 Å². The Balaban J connectivity index is 3.33. The molecule has 0 aromatic rings. The molecule has 8 heteroatoms. The van der Waals surface area contributed by atoms with Crippen molar-refractivity contribution in [3.63, 3.8) is 0 Å². The molecule has 0 unspecified atom stereocenters. The minimum Gasteiger partial charge on any atom is -0.452 e. The first-order valence-electron chi connectivity index (χ1n) is 11.9. The Morgan fingerprint density at radius 3 is 1.45 bits per heavy atom. The second-order valence-electron chi connectivity index (χ2n) is 11.1. The van der Waals surface area contributed by atoms with Crippen LogP contribution in [0.2, 0.25) is 33.2 Å². The van der Waals surface area contributed by atoms with Crippen LogP contribution in [0.4, 0.5) is 8.78 Å². The van der Waals surface area contributed by atoms with E-state index in [-0.39, 0.29) is 23.2 Å². The lowest BCUT2D eigenvalue weighted by Gasteiger charge is -2.46. The number of rotatable bonds is 11. The SMILES string of the molecule is CC(C)[Si](OC[C@H]1OC(=O)C(F)(F)[C@@H]1O[Si](C(C)C)(C(C)C)C(C)C)(C(C)C)C(C)C. The lowest BCUT2D eigenvalue weighted by Crippen LogP contribution is -2.56. The van der Waals surface area contributed by atoms with E-state index in [9.17, 15) is 4.79 Å². The maximum atomic E-state index is 15.0. The molecule has 0 aromatic heterocycles. The summed E-state index contributed by atoms with van der Waals surface area (Å²) in [4.78, 5) is 12.2. The standard InChI is InChI=1S/C23H46F2O4Si2/c1-14(2)30(15(3)4,16(5)6)27-13-20-21(23(24,25)22(26)28-20)29-31(17(7)8,18(9)10)19(11)12/h14-21H,13H2,1-12H3/t20-,21-/m1/s1. The highest BCUT2D eigenvalue weighted by Crippen LogP contribution is 2.48. The molecule has 2 atom stereocenters. The number of hydrogen-bond acceptors (Lipinski definition) is 4. The van der Waals surface area contributed by atoms with Gasteiger partial charge >= 0.3 is 11.9 Å². The topological polar surface area (TPSA) is 44.8 Å². The molecule has 0 N–H and O–H groups in total. The first kappa shape index (κ1) is 28.7. The van der Waals surface area contributed by atoms with Crippen molar-refractivity contribution in [2.45, 2.75) is 134 Å². The van der Waals surface area contributed by atoms with Gasteiger partial charge in [-0.1, -0.05) is 83.1 Å². The van der Waals surface area contributed by atoms with E-state index >= 15 is 8.78 Å². The van der Waals surface area contributed by atoms with E-state index in [1.807, 2.05) is 41.5 Å². The van der Waals surface area contributed by atoms with Crippen molar-refractivity contribution in [3.05, 3.63) is 0 Å². The third kappa shape index (κ3) is 5.12. The molecule has 31 heavy (non-hydrogen) atoms. The van der Waals surface area contributed by atoms with Crippen LogP contribution in [0.3, 0.4) is 0 Å². The van der Waals surface area contributed by atoms with Gasteiger partial charge in [-0.15, -0.1) is 0 Å². The zero-order valence-electron chi connectivity index (χ0n) is 21.7. The number of halogens is 2. The van der Waals surface area contributed by atoms with Crippen molar-refractivity contribution >= 4 is 22.6 Å². The molecule has 0 aliphatic carbocycles. The van der Waals surface area contributed by atoms with E-state index < -0.39 is 40.7 Å². The molecule has 1 heterocycles. The monoisotopic (exact) mass is 480 g/mol. The summed E-state index contributed by atoms with van der Waals surface area (Å²) in [5.41, 5.74) is 1.28. The van der Waals surface area contributed by atoms with E-state index in [4.69, 9.17) is 13.6 Å². The number of esters is 1. The number of carbonyl (C=O) groups excluding carboxylic acids is 1. The first-order chi connectivity index (χ1) is 14.0. The van der Waals surface area contributed by atoms with Crippen LogP contribution in [0.15, 0.2) is 0 Å². The molecule has 0 aromatic carbocycles. The zero-order valence-corrected chi connectivity index (χ0v) is 23.7. The van der Waals surface area contributed by atoms with Crippen LogP contribution in [0.1, 0.15) is 83.1 Å². The van der Waals surface area contributed by atoms with Crippen molar-refractivity contribution in [3.8, 4) is 0 Å². The average Bonchev–Trinajstić information content (AvgIpc) is 2.80. The molecule has 0 amide bonds. The highest BCUT2D eigenvalue weighted by atomic mass is 28.4. The highest BCUT2D eigenvalue weighted by Gasteiger charge is 2.64. The van der Waals surface area contributed by atoms with Crippen LogP contribution >= 0.6 is 0 Å². The Kier molecular flexibility index (Phi) is 9.55. The lowest BCUT2D eigenvalue weighted by molar-refractivity contribution is -0.162. The second-order valence-corrected chi connectivity index (χ2v) is 21.9. The number of alkyl halides is 2. The van der Waals surface area contributed by atoms with Gasteiger partial charge < -0.3 is 13.6 Å². The van der Waals surface area contributed by atoms with Gasteiger partial charge in [0.25, 0.3) is 0 Å². The quantitative estimate of drug-likeness (QED) is 0.230. The molecule has 1 saturated heterocycles. The molecular weight excluding hydrogens is 434 g/mol. The molecule has 4 nitrogen and oxygen atoms in total. The Hall–Kier alpha value is -0.316. The Morgan fingerprint density at radius 2 is 1.13 bits per heavy atom. The molecule has 0 radical (unpaired) electrons. The normalized spacial score (nSPS) is 22.6. The maximum Gasteiger partial charge on any atom is 0.380 e. The van der Waals surface area contributed by atoms with Gasteiger partial charge in [-0.2, -0.15) is 8.78 Å². The molecule has 1 fully saturated rings. The second kappa shape index (κ2) is 10.3. The summed E-state index contributed by atoms with van der Waals surface area (Å²) in [7, 11) is -4.95. The number of hydrogen-bond donors (Lipinski definition) is 0. The highest BCUT2D eigenvalue weighted by molar-refractivity contribution is 6.78. The van der Waals surface area contributed by atoms with Gasteiger partial charge in [0.2, 0.25) is 16.6 Å². The van der Waals surface area contributed by atoms with Gasteiger partial charge in [0, 0.05) is 0 Å². The molecule has 0 bridgehead atoms. The fourth-order valence-corrected chi connectivity index (χ4v) is 17.3. The summed E-state index contributed by atoms with van der Waals surface area (Å²) in [5.74, 6) is -5.15. The maximum absolute atomic E-state index is 15.0. The molecule has 0 spiro atoms. The fraction of sp³-hybridized carbons (Fsp3) is 0.957. The van der Waals surface area contributed by atoms with Crippen LogP contribution in [-0.4, -0.2) is 47.3 Å². The van der Waals surface area contributed by atoms with Crippen LogP contribution in [0.5, 0.6) is 0 Å². The van der Waals surface area contributed by atoms with Crippen LogP contribution in [0, 0.1) is 0 Å². The van der Waals surface area contributed by atoms with E-state index in [1.54, 1.807) is 0 Å². The summed E-state index contributed by atoms with van der Waals surface area (Å²) >= 11 is 0. The zero-order chi connectivity index (χ0) is 24.5. The minimum atomic E-state index is -3.66. The predicted octanol–water partition coefficient (Wildman–Crippen LogP) is 7.30.